The van der Waals surface area contributed by atoms with Crippen LogP contribution in [0.4, 0.5) is 0 Å². The molecule has 1 aromatic rings. The number of likely N-dealkylation sites (tertiary alicyclic amines) is 1. The van der Waals surface area contributed by atoms with Crippen LogP contribution in [-0.2, 0) is 4.79 Å². The highest BCUT2D eigenvalue weighted by atomic mass is 35.5. The number of furan rings is 1. The van der Waals surface area contributed by atoms with Crippen LogP contribution in [0.3, 0.4) is 0 Å². The van der Waals surface area contributed by atoms with Gasteiger partial charge in [-0.15, -0.1) is 12.4 Å². The lowest BCUT2D eigenvalue weighted by Crippen LogP contribution is -2.56. The van der Waals surface area contributed by atoms with Crippen LogP contribution in [-0.4, -0.2) is 41.4 Å². The van der Waals surface area contributed by atoms with E-state index in [2.05, 4.69) is 5.32 Å². The van der Waals surface area contributed by atoms with Crippen LogP contribution in [0.25, 0.3) is 0 Å². The molecule has 0 aromatic carbocycles. The number of carbonyl (C=O) groups is 2. The molecule has 134 valence electrons. The smallest absolute Gasteiger partial charge is 0.255 e. The molecule has 0 unspecified atom stereocenters. The lowest BCUT2D eigenvalue weighted by molar-refractivity contribution is -0.137. The Hall–Kier alpha value is -1.53. The van der Waals surface area contributed by atoms with Crippen LogP contribution in [0.15, 0.2) is 16.7 Å². The van der Waals surface area contributed by atoms with E-state index < -0.39 is 5.54 Å². The second-order valence-electron chi connectivity index (χ2n) is 6.79. The Morgan fingerprint density at radius 2 is 1.92 bits per heavy atom. The fourth-order valence-electron chi connectivity index (χ4n) is 3.65. The van der Waals surface area contributed by atoms with Gasteiger partial charge in [0.25, 0.3) is 5.91 Å². The molecule has 1 aliphatic heterocycles. The third-order valence-corrected chi connectivity index (χ3v) is 5.14. The Morgan fingerprint density at radius 3 is 2.46 bits per heavy atom. The van der Waals surface area contributed by atoms with E-state index in [-0.39, 0.29) is 30.3 Å². The highest BCUT2D eigenvalue weighted by Gasteiger charge is 2.40. The molecule has 2 aliphatic rings. The van der Waals surface area contributed by atoms with Gasteiger partial charge in [-0.2, -0.15) is 0 Å². The number of nitrogens with one attached hydrogen (secondary N) is 1. The van der Waals surface area contributed by atoms with Crippen molar-refractivity contribution in [3.05, 3.63) is 23.7 Å². The minimum atomic E-state index is -0.649. The van der Waals surface area contributed by atoms with Gasteiger partial charge in [-0.05, 0) is 38.7 Å². The number of aryl methyl sites for hydroxylation is 1. The lowest BCUT2D eigenvalue weighted by Gasteiger charge is -2.37. The largest absolute Gasteiger partial charge is 0.469 e. The Kier molecular flexibility index (Phi) is 5.93. The van der Waals surface area contributed by atoms with Crippen LogP contribution in [0.5, 0.6) is 0 Å². The molecule has 1 aromatic heterocycles. The van der Waals surface area contributed by atoms with Crippen molar-refractivity contribution >= 4 is 24.2 Å². The van der Waals surface area contributed by atoms with Gasteiger partial charge in [0.05, 0.1) is 17.4 Å². The first-order valence-electron chi connectivity index (χ1n) is 8.43. The second-order valence-corrected chi connectivity index (χ2v) is 6.79. The summed E-state index contributed by atoms with van der Waals surface area (Å²) in [5.41, 5.74) is 6.19. The van der Waals surface area contributed by atoms with Gasteiger partial charge in [0.15, 0.2) is 0 Å². The van der Waals surface area contributed by atoms with E-state index in [1.807, 2.05) is 4.90 Å². The number of hydrogen-bond acceptors (Lipinski definition) is 4. The molecule has 2 heterocycles. The van der Waals surface area contributed by atoms with E-state index in [4.69, 9.17) is 10.2 Å². The minimum absolute atomic E-state index is 0. The summed E-state index contributed by atoms with van der Waals surface area (Å²) in [4.78, 5) is 26.7. The van der Waals surface area contributed by atoms with Crippen molar-refractivity contribution in [2.45, 2.75) is 57.0 Å². The topological polar surface area (TPSA) is 88.6 Å². The average Bonchev–Trinajstić information content (AvgIpc) is 3.17. The summed E-state index contributed by atoms with van der Waals surface area (Å²) in [5.74, 6) is 0.610. The van der Waals surface area contributed by atoms with Crippen molar-refractivity contribution in [2.24, 2.45) is 5.73 Å². The number of nitrogens with two attached hydrogens (primary N) is 1. The molecule has 3 rings (SSSR count). The Bertz CT molecular complexity index is 588. The van der Waals surface area contributed by atoms with Gasteiger partial charge in [-0.1, -0.05) is 12.8 Å². The predicted molar refractivity (Wildman–Crippen MR) is 93.1 cm³/mol. The van der Waals surface area contributed by atoms with E-state index in [0.717, 1.165) is 38.5 Å². The van der Waals surface area contributed by atoms with Gasteiger partial charge in [0, 0.05) is 19.1 Å². The Morgan fingerprint density at radius 1 is 1.29 bits per heavy atom. The summed E-state index contributed by atoms with van der Waals surface area (Å²) in [6.45, 7) is 3.10. The Labute approximate surface area is 148 Å². The van der Waals surface area contributed by atoms with Crippen molar-refractivity contribution in [1.82, 2.24) is 10.2 Å². The van der Waals surface area contributed by atoms with E-state index in [0.29, 0.717) is 24.4 Å². The third-order valence-electron chi connectivity index (χ3n) is 5.14. The quantitative estimate of drug-likeness (QED) is 0.868. The molecule has 1 saturated carbocycles. The van der Waals surface area contributed by atoms with Crippen LogP contribution in [0.2, 0.25) is 0 Å². The second kappa shape index (κ2) is 7.57. The number of halogens is 1. The maximum Gasteiger partial charge on any atom is 0.255 e. The first kappa shape index (κ1) is 18.8. The van der Waals surface area contributed by atoms with Gasteiger partial charge in [0.1, 0.15) is 5.76 Å². The van der Waals surface area contributed by atoms with E-state index in [1.54, 1.807) is 13.0 Å². The summed E-state index contributed by atoms with van der Waals surface area (Å²) in [6.07, 6.45) is 6.73. The number of rotatable bonds is 3. The Balaban J connectivity index is 0.00000208. The highest BCUT2D eigenvalue weighted by molar-refractivity contribution is 5.95. The summed E-state index contributed by atoms with van der Waals surface area (Å²) in [7, 11) is 0. The van der Waals surface area contributed by atoms with Gasteiger partial charge >= 0.3 is 0 Å². The van der Waals surface area contributed by atoms with Crippen molar-refractivity contribution in [1.29, 1.82) is 0 Å². The van der Waals surface area contributed by atoms with Crippen LogP contribution < -0.4 is 11.1 Å². The summed E-state index contributed by atoms with van der Waals surface area (Å²) < 4.78 is 5.16. The first-order chi connectivity index (χ1) is 11.0. The standard InChI is InChI=1S/C17H25N3O3.ClH/c1-12-14(6-11-23-12)15(21)19-13-4-9-20(10-5-13)16(22)17(18)7-2-3-8-17;/h6,11,13H,2-5,7-10,18H2,1H3,(H,19,21);1H. The minimum Gasteiger partial charge on any atom is -0.469 e. The van der Waals surface area contributed by atoms with Gasteiger partial charge < -0.3 is 20.4 Å². The molecular weight excluding hydrogens is 330 g/mol. The van der Waals surface area contributed by atoms with Crippen molar-refractivity contribution in [2.75, 3.05) is 13.1 Å². The van der Waals surface area contributed by atoms with Crippen molar-refractivity contribution in [3.8, 4) is 0 Å². The number of nitrogens with zero attached hydrogens (tertiary/aromatic N) is 1. The lowest BCUT2D eigenvalue weighted by atomic mass is 9.95. The monoisotopic (exact) mass is 355 g/mol. The zero-order valence-electron chi connectivity index (χ0n) is 14.0. The SMILES string of the molecule is Cc1occc1C(=O)NC1CCN(C(=O)C2(N)CCCC2)CC1.Cl. The highest BCUT2D eigenvalue weighted by Crippen LogP contribution is 2.30. The molecule has 2 amide bonds. The molecule has 3 N–H and O–H groups in total. The van der Waals surface area contributed by atoms with Gasteiger partial charge in [-0.25, -0.2) is 0 Å². The molecule has 0 atom stereocenters. The summed E-state index contributed by atoms with van der Waals surface area (Å²) >= 11 is 0. The fraction of sp³-hybridized carbons (Fsp3) is 0.647. The predicted octanol–water partition coefficient (Wildman–Crippen LogP) is 2.00. The van der Waals surface area contributed by atoms with Crippen LogP contribution in [0.1, 0.15) is 54.6 Å². The zero-order valence-corrected chi connectivity index (χ0v) is 14.9. The molecule has 24 heavy (non-hydrogen) atoms. The molecule has 6 nitrogen and oxygen atoms in total. The molecule has 0 radical (unpaired) electrons. The van der Waals surface area contributed by atoms with Crippen LogP contribution in [0, 0.1) is 6.92 Å². The van der Waals surface area contributed by atoms with Gasteiger partial charge in [-0.3, -0.25) is 9.59 Å². The summed E-state index contributed by atoms with van der Waals surface area (Å²) in [6, 6.07) is 1.78. The van der Waals surface area contributed by atoms with E-state index >= 15 is 0 Å². The van der Waals surface area contributed by atoms with Crippen molar-refractivity contribution in [3.63, 3.8) is 0 Å². The molecule has 2 fully saturated rings. The number of hydrogen-bond donors (Lipinski definition) is 2. The number of carbonyl (C=O) groups excluding carboxylic acids is 2. The summed E-state index contributed by atoms with van der Waals surface area (Å²) in [5, 5.41) is 3.03. The molecule has 1 saturated heterocycles. The fourth-order valence-corrected chi connectivity index (χ4v) is 3.65. The first-order valence-corrected chi connectivity index (χ1v) is 8.43. The molecule has 0 spiro atoms. The van der Waals surface area contributed by atoms with E-state index in [1.165, 1.54) is 6.26 Å². The molecule has 1 aliphatic carbocycles. The zero-order chi connectivity index (χ0) is 16.4. The third kappa shape index (κ3) is 3.75. The maximum absolute atomic E-state index is 12.6. The maximum atomic E-state index is 12.6. The van der Waals surface area contributed by atoms with Gasteiger partial charge in [0.2, 0.25) is 5.91 Å². The number of piperidine rings is 1. The van der Waals surface area contributed by atoms with Crippen molar-refractivity contribution < 1.29 is 14.0 Å². The van der Waals surface area contributed by atoms with Crippen LogP contribution >= 0.6 is 12.4 Å². The molecular formula is C17H26ClN3O3. The molecule has 7 heteroatoms. The van der Waals surface area contributed by atoms with E-state index in [9.17, 15) is 9.59 Å². The average molecular weight is 356 g/mol. The normalized spacial score (nSPS) is 20.5. The molecule has 0 bridgehead atoms. The number of amides is 2.